The van der Waals surface area contributed by atoms with Crippen LogP contribution in [0.3, 0.4) is 0 Å². The average molecular weight is 257 g/mol. The Hall–Kier alpha value is -0.650. The molecule has 5 heteroatoms. The van der Waals surface area contributed by atoms with Crippen molar-refractivity contribution in [3.05, 3.63) is 0 Å². The molecule has 1 unspecified atom stereocenters. The number of methoxy groups -OCH3 is 1. The summed E-state index contributed by atoms with van der Waals surface area (Å²) < 4.78 is 16.0. The maximum absolute atomic E-state index is 11.0. The summed E-state index contributed by atoms with van der Waals surface area (Å²) in [5, 5.41) is 3.44. The summed E-state index contributed by atoms with van der Waals surface area (Å²) in [6.07, 6.45) is 4.45. The first kappa shape index (κ1) is 13.8. The summed E-state index contributed by atoms with van der Waals surface area (Å²) >= 11 is 0. The van der Waals surface area contributed by atoms with Crippen molar-refractivity contribution in [3.63, 3.8) is 0 Å². The standard InChI is InChI=1S/C13H23NO4/c1-16-12(15)2-6-14-11-3-7-18-13(10-11)4-8-17-9-5-13/h11,14H,2-10H2,1H3. The monoisotopic (exact) mass is 257 g/mol. The summed E-state index contributed by atoms with van der Waals surface area (Å²) in [5.41, 5.74) is 0.0133. The molecule has 0 aromatic carbocycles. The summed E-state index contributed by atoms with van der Waals surface area (Å²) in [6.45, 7) is 3.09. The Kier molecular flexibility index (Phi) is 4.97. The maximum atomic E-state index is 11.0. The summed E-state index contributed by atoms with van der Waals surface area (Å²) in [7, 11) is 1.42. The van der Waals surface area contributed by atoms with E-state index in [1.807, 2.05) is 0 Å². The van der Waals surface area contributed by atoms with Gasteiger partial charge in [-0.15, -0.1) is 0 Å². The first-order valence-electron chi connectivity index (χ1n) is 6.76. The highest BCUT2D eigenvalue weighted by atomic mass is 16.5. The number of hydrogen-bond acceptors (Lipinski definition) is 5. The molecule has 104 valence electrons. The quantitative estimate of drug-likeness (QED) is 0.757. The van der Waals surface area contributed by atoms with Crippen LogP contribution >= 0.6 is 0 Å². The van der Waals surface area contributed by atoms with E-state index in [0.717, 1.165) is 45.5 Å². The van der Waals surface area contributed by atoms with E-state index in [-0.39, 0.29) is 11.6 Å². The Labute approximate surface area is 108 Å². The lowest BCUT2D eigenvalue weighted by atomic mass is 9.84. The molecule has 0 aromatic rings. The van der Waals surface area contributed by atoms with Crippen molar-refractivity contribution in [2.45, 2.75) is 43.7 Å². The van der Waals surface area contributed by atoms with Gasteiger partial charge >= 0.3 is 5.97 Å². The van der Waals surface area contributed by atoms with Crippen LogP contribution in [0.4, 0.5) is 0 Å². The molecule has 2 fully saturated rings. The van der Waals surface area contributed by atoms with E-state index >= 15 is 0 Å². The SMILES string of the molecule is COC(=O)CCNC1CCOC2(CCOCC2)C1. The fraction of sp³-hybridized carbons (Fsp3) is 0.923. The normalized spacial score (nSPS) is 27.1. The van der Waals surface area contributed by atoms with Gasteiger partial charge in [0.05, 0.1) is 19.1 Å². The largest absolute Gasteiger partial charge is 0.469 e. The Morgan fingerprint density at radius 2 is 2.17 bits per heavy atom. The number of nitrogens with one attached hydrogen (secondary N) is 1. The van der Waals surface area contributed by atoms with Gasteiger partial charge in [0.2, 0.25) is 0 Å². The van der Waals surface area contributed by atoms with Crippen LogP contribution in [0.5, 0.6) is 0 Å². The van der Waals surface area contributed by atoms with Crippen molar-refractivity contribution in [2.24, 2.45) is 0 Å². The molecule has 18 heavy (non-hydrogen) atoms. The fourth-order valence-electron chi connectivity index (χ4n) is 2.77. The zero-order chi connectivity index (χ0) is 12.8. The van der Waals surface area contributed by atoms with E-state index < -0.39 is 0 Å². The zero-order valence-corrected chi connectivity index (χ0v) is 11.1. The number of rotatable bonds is 4. The minimum Gasteiger partial charge on any atom is -0.469 e. The minimum atomic E-state index is -0.157. The summed E-state index contributed by atoms with van der Waals surface area (Å²) in [4.78, 5) is 11.0. The van der Waals surface area contributed by atoms with E-state index in [1.165, 1.54) is 7.11 Å². The third kappa shape index (κ3) is 3.67. The molecule has 0 aliphatic carbocycles. The van der Waals surface area contributed by atoms with E-state index in [9.17, 15) is 4.79 Å². The second kappa shape index (κ2) is 6.50. The summed E-state index contributed by atoms with van der Waals surface area (Å²) in [5.74, 6) is -0.157. The topological polar surface area (TPSA) is 56.8 Å². The predicted octanol–water partition coefficient (Wildman–Crippen LogP) is 0.867. The maximum Gasteiger partial charge on any atom is 0.306 e. The second-order valence-corrected chi connectivity index (χ2v) is 5.11. The smallest absolute Gasteiger partial charge is 0.306 e. The predicted molar refractivity (Wildman–Crippen MR) is 66.4 cm³/mol. The molecular formula is C13H23NO4. The highest BCUT2D eigenvalue weighted by Crippen LogP contribution is 2.34. The second-order valence-electron chi connectivity index (χ2n) is 5.11. The molecule has 0 amide bonds. The van der Waals surface area contributed by atoms with Crippen LogP contribution in [-0.4, -0.2) is 51.1 Å². The van der Waals surface area contributed by atoms with Gasteiger partial charge in [0, 0.05) is 32.4 Å². The first-order valence-corrected chi connectivity index (χ1v) is 6.76. The molecule has 0 radical (unpaired) electrons. The van der Waals surface area contributed by atoms with E-state index in [4.69, 9.17) is 9.47 Å². The van der Waals surface area contributed by atoms with E-state index in [1.54, 1.807) is 0 Å². The molecule has 2 aliphatic rings. The van der Waals surface area contributed by atoms with Gasteiger partial charge in [-0.05, 0) is 25.7 Å². The van der Waals surface area contributed by atoms with Gasteiger partial charge < -0.3 is 19.5 Å². The van der Waals surface area contributed by atoms with Gasteiger partial charge in [0.1, 0.15) is 0 Å². The molecule has 2 rings (SSSR count). The molecule has 2 heterocycles. The Balaban J connectivity index is 1.74. The Morgan fingerprint density at radius 1 is 1.39 bits per heavy atom. The lowest BCUT2D eigenvalue weighted by Crippen LogP contribution is -2.50. The lowest BCUT2D eigenvalue weighted by Gasteiger charge is -2.43. The lowest BCUT2D eigenvalue weighted by molar-refractivity contribution is -0.142. The molecule has 0 aromatic heterocycles. The number of esters is 1. The minimum absolute atomic E-state index is 0.0133. The van der Waals surface area contributed by atoms with Crippen molar-refractivity contribution in [1.82, 2.24) is 5.32 Å². The molecule has 0 bridgehead atoms. The first-order chi connectivity index (χ1) is 8.74. The average Bonchev–Trinajstić information content (AvgIpc) is 2.39. The fourth-order valence-corrected chi connectivity index (χ4v) is 2.77. The van der Waals surface area contributed by atoms with Gasteiger partial charge in [0.25, 0.3) is 0 Å². The molecule has 2 aliphatic heterocycles. The molecule has 0 saturated carbocycles. The number of ether oxygens (including phenoxy) is 3. The van der Waals surface area contributed by atoms with Crippen LogP contribution in [0.2, 0.25) is 0 Å². The van der Waals surface area contributed by atoms with Crippen molar-refractivity contribution < 1.29 is 19.0 Å². The van der Waals surface area contributed by atoms with Crippen molar-refractivity contribution >= 4 is 5.97 Å². The van der Waals surface area contributed by atoms with Crippen LogP contribution in [0.15, 0.2) is 0 Å². The van der Waals surface area contributed by atoms with Gasteiger partial charge in [-0.1, -0.05) is 0 Å². The number of carbonyl (C=O) groups excluding carboxylic acids is 1. The molecule has 1 atom stereocenters. The van der Waals surface area contributed by atoms with Crippen molar-refractivity contribution in [3.8, 4) is 0 Å². The summed E-state index contributed by atoms with van der Waals surface area (Å²) in [6, 6.07) is 0.446. The van der Waals surface area contributed by atoms with Gasteiger partial charge in [-0.2, -0.15) is 0 Å². The Morgan fingerprint density at radius 3 is 2.89 bits per heavy atom. The van der Waals surface area contributed by atoms with Crippen LogP contribution in [0.25, 0.3) is 0 Å². The molecule has 2 saturated heterocycles. The molecular weight excluding hydrogens is 234 g/mol. The van der Waals surface area contributed by atoms with Crippen LogP contribution in [0.1, 0.15) is 32.1 Å². The third-order valence-corrected chi connectivity index (χ3v) is 3.89. The third-order valence-electron chi connectivity index (χ3n) is 3.89. The zero-order valence-electron chi connectivity index (χ0n) is 11.1. The highest BCUT2D eigenvalue weighted by molar-refractivity contribution is 5.69. The van der Waals surface area contributed by atoms with E-state index in [2.05, 4.69) is 10.1 Å². The molecule has 1 N–H and O–H groups in total. The van der Waals surface area contributed by atoms with Crippen LogP contribution < -0.4 is 5.32 Å². The van der Waals surface area contributed by atoms with Crippen molar-refractivity contribution in [2.75, 3.05) is 33.5 Å². The van der Waals surface area contributed by atoms with Crippen LogP contribution in [0, 0.1) is 0 Å². The van der Waals surface area contributed by atoms with Gasteiger partial charge in [-0.25, -0.2) is 0 Å². The van der Waals surface area contributed by atoms with Gasteiger partial charge in [-0.3, -0.25) is 4.79 Å². The van der Waals surface area contributed by atoms with E-state index in [0.29, 0.717) is 19.0 Å². The molecule has 1 spiro atoms. The van der Waals surface area contributed by atoms with Gasteiger partial charge in [0.15, 0.2) is 0 Å². The van der Waals surface area contributed by atoms with Crippen molar-refractivity contribution in [1.29, 1.82) is 0 Å². The molecule has 5 nitrogen and oxygen atoms in total. The number of hydrogen-bond donors (Lipinski definition) is 1. The Bertz CT molecular complexity index is 271. The van der Waals surface area contributed by atoms with Crippen LogP contribution in [-0.2, 0) is 19.0 Å². The highest BCUT2D eigenvalue weighted by Gasteiger charge is 2.38. The number of carbonyl (C=O) groups is 1.